The van der Waals surface area contributed by atoms with Crippen LogP contribution >= 0.6 is 0 Å². The summed E-state index contributed by atoms with van der Waals surface area (Å²) < 4.78 is 28.1. The molecule has 3 aromatic carbocycles. The van der Waals surface area contributed by atoms with Crippen molar-refractivity contribution in [2.45, 2.75) is 26.0 Å². The molecule has 198 valence electrons. The van der Waals surface area contributed by atoms with Crippen molar-refractivity contribution >= 4 is 34.2 Å². The molecule has 0 fully saturated rings. The van der Waals surface area contributed by atoms with Gasteiger partial charge in [0.2, 0.25) is 0 Å². The summed E-state index contributed by atoms with van der Waals surface area (Å²) in [4.78, 5) is 35.4. The summed E-state index contributed by atoms with van der Waals surface area (Å²) in [6, 6.07) is 12.5. The van der Waals surface area contributed by atoms with Gasteiger partial charge in [-0.15, -0.1) is 0 Å². The lowest BCUT2D eigenvalue weighted by molar-refractivity contribution is -0.128. The standard InChI is InChI=1S/C27H28F2N6O3/c1-3-34(4-2)20-7-5-16(6-8-20)26(37)33-24(17-11-18(28)13-19(29)12-17)25(36)27(38)35(30)21-9-10-22-23(14-21)32-15-31-22/h5-15,24-25,36H,3-4,30H2,1-2H3,(H,31,32)(H,33,37). The van der Waals surface area contributed by atoms with Gasteiger partial charge in [-0.25, -0.2) is 24.6 Å². The Morgan fingerprint density at radius 2 is 1.63 bits per heavy atom. The van der Waals surface area contributed by atoms with E-state index in [1.54, 1.807) is 36.4 Å². The molecular weight excluding hydrogens is 494 g/mol. The lowest BCUT2D eigenvalue weighted by Crippen LogP contribution is -2.50. The van der Waals surface area contributed by atoms with E-state index in [1.165, 1.54) is 12.4 Å². The second kappa shape index (κ2) is 11.4. The molecule has 9 nitrogen and oxygen atoms in total. The van der Waals surface area contributed by atoms with Gasteiger partial charge in [-0.3, -0.25) is 9.59 Å². The zero-order valence-electron chi connectivity index (χ0n) is 20.9. The highest BCUT2D eigenvalue weighted by Crippen LogP contribution is 2.25. The average molecular weight is 523 g/mol. The van der Waals surface area contributed by atoms with Gasteiger partial charge in [-0.2, -0.15) is 0 Å². The van der Waals surface area contributed by atoms with Crippen LogP contribution in [0.4, 0.5) is 20.2 Å². The van der Waals surface area contributed by atoms with E-state index in [0.29, 0.717) is 22.1 Å². The Hall–Kier alpha value is -4.35. The zero-order chi connectivity index (χ0) is 27.4. The number of halogens is 2. The van der Waals surface area contributed by atoms with Crippen molar-refractivity contribution in [2.75, 3.05) is 23.0 Å². The highest BCUT2D eigenvalue weighted by atomic mass is 19.1. The third kappa shape index (κ3) is 5.63. The maximum atomic E-state index is 14.1. The Kier molecular flexibility index (Phi) is 7.99. The number of hydrogen-bond donors (Lipinski definition) is 4. The molecule has 4 aromatic rings. The number of carbonyl (C=O) groups excluding carboxylic acids is 2. The van der Waals surface area contributed by atoms with Gasteiger partial charge in [-0.1, -0.05) is 0 Å². The maximum absolute atomic E-state index is 14.1. The van der Waals surface area contributed by atoms with Crippen molar-refractivity contribution in [1.29, 1.82) is 0 Å². The first kappa shape index (κ1) is 26.7. The van der Waals surface area contributed by atoms with Crippen LogP contribution < -0.4 is 21.1 Å². The van der Waals surface area contributed by atoms with Gasteiger partial charge in [0.1, 0.15) is 11.6 Å². The van der Waals surface area contributed by atoms with Gasteiger partial charge in [0.25, 0.3) is 11.8 Å². The number of aromatic amines is 1. The van der Waals surface area contributed by atoms with Gasteiger partial charge in [0, 0.05) is 30.4 Å². The molecule has 0 spiro atoms. The van der Waals surface area contributed by atoms with Crippen molar-refractivity contribution in [3.63, 3.8) is 0 Å². The minimum Gasteiger partial charge on any atom is -0.381 e. The van der Waals surface area contributed by atoms with Crippen LogP contribution in [0.3, 0.4) is 0 Å². The first-order valence-electron chi connectivity index (χ1n) is 12.0. The number of benzene rings is 3. The highest BCUT2D eigenvalue weighted by molar-refractivity contribution is 5.99. The van der Waals surface area contributed by atoms with E-state index in [9.17, 15) is 23.5 Å². The smallest absolute Gasteiger partial charge is 0.272 e. The molecule has 4 rings (SSSR count). The SMILES string of the molecule is CCN(CC)c1ccc(C(=O)NC(c2cc(F)cc(F)c2)C(O)C(=O)N(N)c2ccc3nc[nH]c3c2)cc1. The monoisotopic (exact) mass is 522 g/mol. The van der Waals surface area contributed by atoms with Crippen LogP contribution in [0.15, 0.2) is 67.0 Å². The van der Waals surface area contributed by atoms with Crippen LogP contribution in [0.5, 0.6) is 0 Å². The fourth-order valence-electron chi connectivity index (χ4n) is 4.22. The van der Waals surface area contributed by atoms with Crippen LogP contribution in [0.25, 0.3) is 11.0 Å². The largest absolute Gasteiger partial charge is 0.381 e. The summed E-state index contributed by atoms with van der Waals surface area (Å²) >= 11 is 0. The predicted octanol–water partition coefficient (Wildman–Crippen LogP) is 3.43. The molecule has 2 amide bonds. The lowest BCUT2D eigenvalue weighted by atomic mass is 9.99. The summed E-state index contributed by atoms with van der Waals surface area (Å²) in [7, 11) is 0. The summed E-state index contributed by atoms with van der Waals surface area (Å²) in [5.41, 5.74) is 2.48. The summed E-state index contributed by atoms with van der Waals surface area (Å²) in [5, 5.41) is 14.3. The number of hydrogen-bond acceptors (Lipinski definition) is 6. The van der Waals surface area contributed by atoms with Crippen LogP contribution in [0.2, 0.25) is 0 Å². The van der Waals surface area contributed by atoms with E-state index in [0.717, 1.165) is 30.9 Å². The number of fused-ring (bicyclic) bond motifs is 1. The highest BCUT2D eigenvalue weighted by Gasteiger charge is 2.33. The van der Waals surface area contributed by atoms with Crippen molar-refractivity contribution in [3.8, 4) is 0 Å². The molecule has 2 atom stereocenters. The second-order valence-corrected chi connectivity index (χ2v) is 8.63. The van der Waals surface area contributed by atoms with Gasteiger partial charge in [0.15, 0.2) is 6.10 Å². The Labute approximate surface area is 217 Å². The normalized spacial score (nSPS) is 12.7. The van der Waals surface area contributed by atoms with Crippen LogP contribution in [0.1, 0.15) is 35.8 Å². The van der Waals surface area contributed by atoms with E-state index >= 15 is 0 Å². The number of nitrogens with two attached hydrogens (primary N) is 1. The first-order valence-corrected chi connectivity index (χ1v) is 12.0. The van der Waals surface area contributed by atoms with Crippen LogP contribution in [-0.4, -0.2) is 46.1 Å². The summed E-state index contributed by atoms with van der Waals surface area (Å²) in [6.45, 7) is 5.59. The lowest BCUT2D eigenvalue weighted by Gasteiger charge is -2.27. The van der Waals surface area contributed by atoms with Crippen molar-refractivity contribution in [3.05, 3.63) is 89.8 Å². The van der Waals surface area contributed by atoms with E-state index < -0.39 is 35.6 Å². The van der Waals surface area contributed by atoms with E-state index in [-0.39, 0.29) is 16.8 Å². The van der Waals surface area contributed by atoms with Gasteiger partial charge in [-0.05, 0) is 74.0 Å². The van der Waals surface area contributed by atoms with Crippen LogP contribution in [0, 0.1) is 11.6 Å². The number of aromatic nitrogens is 2. The average Bonchev–Trinajstić information content (AvgIpc) is 3.39. The Morgan fingerprint density at radius 3 is 2.26 bits per heavy atom. The maximum Gasteiger partial charge on any atom is 0.272 e. The molecule has 0 aliphatic rings. The minimum absolute atomic E-state index is 0.145. The van der Waals surface area contributed by atoms with E-state index in [4.69, 9.17) is 5.84 Å². The number of aliphatic hydroxyl groups is 1. The number of carbonyl (C=O) groups is 2. The van der Waals surface area contributed by atoms with Gasteiger partial charge >= 0.3 is 0 Å². The topological polar surface area (TPSA) is 128 Å². The molecule has 2 unspecified atom stereocenters. The number of H-pyrrole nitrogens is 1. The van der Waals surface area contributed by atoms with Crippen molar-refractivity contribution in [2.24, 2.45) is 5.84 Å². The molecule has 0 saturated heterocycles. The molecular formula is C27H28F2N6O3. The van der Waals surface area contributed by atoms with E-state index in [1.807, 2.05) is 13.8 Å². The second-order valence-electron chi connectivity index (χ2n) is 8.63. The van der Waals surface area contributed by atoms with Crippen molar-refractivity contribution < 1.29 is 23.5 Å². The quantitative estimate of drug-likeness (QED) is 0.152. The Morgan fingerprint density at radius 1 is 1.00 bits per heavy atom. The van der Waals surface area contributed by atoms with Crippen molar-refractivity contribution in [1.82, 2.24) is 15.3 Å². The van der Waals surface area contributed by atoms with Gasteiger partial charge < -0.3 is 20.3 Å². The molecule has 1 heterocycles. The Bertz CT molecular complexity index is 1420. The fourth-order valence-corrected chi connectivity index (χ4v) is 4.22. The zero-order valence-corrected chi connectivity index (χ0v) is 20.9. The van der Waals surface area contributed by atoms with Gasteiger partial charge in [0.05, 0.1) is 29.1 Å². The minimum atomic E-state index is -1.97. The number of imidazole rings is 1. The Balaban J connectivity index is 1.62. The third-order valence-corrected chi connectivity index (χ3v) is 6.28. The summed E-state index contributed by atoms with van der Waals surface area (Å²) in [6.07, 6.45) is -0.498. The van der Waals surface area contributed by atoms with Crippen LogP contribution in [-0.2, 0) is 4.79 Å². The molecule has 0 aliphatic heterocycles. The summed E-state index contributed by atoms with van der Waals surface area (Å²) in [5.74, 6) is 2.49. The molecule has 11 heteroatoms. The number of nitrogens with zero attached hydrogens (tertiary/aromatic N) is 3. The molecule has 0 radical (unpaired) electrons. The number of hydrazine groups is 1. The number of nitrogens with one attached hydrogen (secondary N) is 2. The number of aliphatic hydroxyl groups excluding tert-OH is 1. The molecule has 0 aliphatic carbocycles. The number of amides is 2. The molecule has 0 saturated carbocycles. The number of rotatable bonds is 9. The molecule has 1 aromatic heterocycles. The predicted molar refractivity (Wildman–Crippen MR) is 140 cm³/mol. The molecule has 38 heavy (non-hydrogen) atoms. The third-order valence-electron chi connectivity index (χ3n) is 6.28. The fraction of sp³-hybridized carbons (Fsp3) is 0.222. The first-order chi connectivity index (χ1) is 18.2. The number of anilines is 2. The molecule has 0 bridgehead atoms. The van der Waals surface area contributed by atoms with E-state index in [2.05, 4.69) is 20.2 Å². The molecule has 5 N–H and O–H groups in total.